The average Bonchev–Trinajstić information content (AvgIpc) is 2.72. The Labute approximate surface area is 186 Å². The highest BCUT2D eigenvalue weighted by molar-refractivity contribution is 7.92. The van der Waals surface area contributed by atoms with Crippen molar-refractivity contribution in [3.05, 3.63) is 54.1 Å². The topological polar surface area (TPSA) is 83.5 Å². The third-order valence-electron chi connectivity index (χ3n) is 5.95. The van der Waals surface area contributed by atoms with Crippen molar-refractivity contribution in [2.24, 2.45) is 11.8 Å². The highest BCUT2D eigenvalue weighted by atomic mass is 32.2. The third-order valence-corrected chi connectivity index (χ3v) is 9.19. The zero-order valence-corrected chi connectivity index (χ0v) is 20.2. The van der Waals surface area contributed by atoms with Gasteiger partial charge in [0.2, 0.25) is 10.0 Å². The first-order chi connectivity index (χ1) is 14.5. The first-order valence-electron chi connectivity index (χ1n) is 10.8. The number of hydrogen-bond acceptors (Lipinski definition) is 4. The standard InChI is InChI=1S/C23H32N2O4S2/c1-5-19(4)20-6-10-22(11-7-20)30(26,27)24-21-8-12-23(13-9-21)31(28,29)25-15-17(2)14-18(3)16-25/h6-13,17-19,24H,5,14-16H2,1-4H3. The van der Waals surface area contributed by atoms with Crippen molar-refractivity contribution in [3.8, 4) is 0 Å². The van der Waals surface area contributed by atoms with E-state index in [0.717, 1.165) is 18.4 Å². The number of rotatable bonds is 7. The first kappa shape index (κ1) is 23.8. The van der Waals surface area contributed by atoms with Crippen LogP contribution in [0.2, 0.25) is 0 Å². The van der Waals surface area contributed by atoms with Gasteiger partial charge in [0, 0.05) is 18.8 Å². The lowest BCUT2D eigenvalue weighted by Crippen LogP contribution is -2.42. The number of nitrogens with zero attached hydrogens (tertiary/aromatic N) is 1. The molecule has 0 spiro atoms. The van der Waals surface area contributed by atoms with E-state index < -0.39 is 20.0 Å². The van der Waals surface area contributed by atoms with Crippen LogP contribution in [0.15, 0.2) is 58.3 Å². The monoisotopic (exact) mass is 464 g/mol. The van der Waals surface area contributed by atoms with Crippen LogP contribution in [0.25, 0.3) is 0 Å². The highest BCUT2D eigenvalue weighted by Crippen LogP contribution is 2.28. The summed E-state index contributed by atoms with van der Waals surface area (Å²) < 4.78 is 55.5. The summed E-state index contributed by atoms with van der Waals surface area (Å²) in [6, 6.07) is 12.8. The van der Waals surface area contributed by atoms with Crippen LogP contribution in [0.3, 0.4) is 0 Å². The molecule has 1 saturated heterocycles. The number of hydrogen-bond donors (Lipinski definition) is 1. The molecule has 2 aromatic rings. The molecule has 1 aliphatic rings. The van der Waals surface area contributed by atoms with E-state index in [2.05, 4.69) is 32.4 Å². The Kier molecular flexibility index (Phi) is 7.13. The largest absolute Gasteiger partial charge is 0.280 e. The molecule has 1 heterocycles. The molecule has 3 atom stereocenters. The first-order valence-corrected chi connectivity index (χ1v) is 13.7. The summed E-state index contributed by atoms with van der Waals surface area (Å²) >= 11 is 0. The summed E-state index contributed by atoms with van der Waals surface area (Å²) in [7, 11) is -7.36. The van der Waals surface area contributed by atoms with Gasteiger partial charge in [0.1, 0.15) is 0 Å². The van der Waals surface area contributed by atoms with Crippen molar-refractivity contribution in [2.75, 3.05) is 17.8 Å². The van der Waals surface area contributed by atoms with Gasteiger partial charge in [-0.15, -0.1) is 0 Å². The van der Waals surface area contributed by atoms with E-state index in [4.69, 9.17) is 0 Å². The molecule has 0 bridgehead atoms. The van der Waals surface area contributed by atoms with Gasteiger partial charge in [-0.05, 0) is 72.6 Å². The van der Waals surface area contributed by atoms with E-state index in [1.54, 1.807) is 12.1 Å². The Morgan fingerprint density at radius 1 is 0.903 bits per heavy atom. The number of nitrogens with one attached hydrogen (secondary N) is 1. The van der Waals surface area contributed by atoms with Crippen molar-refractivity contribution in [3.63, 3.8) is 0 Å². The average molecular weight is 465 g/mol. The Morgan fingerprint density at radius 3 is 1.94 bits per heavy atom. The fourth-order valence-corrected chi connectivity index (χ4v) is 6.81. The second kappa shape index (κ2) is 9.30. The molecule has 3 rings (SSSR count). The molecule has 1 N–H and O–H groups in total. The van der Waals surface area contributed by atoms with E-state index in [1.165, 1.54) is 28.6 Å². The van der Waals surface area contributed by atoms with Gasteiger partial charge in [0.05, 0.1) is 9.79 Å². The molecule has 0 aliphatic carbocycles. The molecular weight excluding hydrogens is 432 g/mol. The van der Waals surface area contributed by atoms with E-state index in [1.807, 2.05) is 12.1 Å². The molecule has 31 heavy (non-hydrogen) atoms. The maximum absolute atomic E-state index is 13.0. The predicted molar refractivity (Wildman–Crippen MR) is 124 cm³/mol. The maximum atomic E-state index is 13.0. The molecule has 3 unspecified atom stereocenters. The van der Waals surface area contributed by atoms with Gasteiger partial charge in [-0.1, -0.05) is 39.8 Å². The lowest BCUT2D eigenvalue weighted by molar-refractivity contribution is 0.222. The van der Waals surface area contributed by atoms with Gasteiger partial charge in [0.25, 0.3) is 10.0 Å². The SMILES string of the molecule is CCC(C)c1ccc(S(=O)(=O)Nc2ccc(S(=O)(=O)N3CC(C)CC(C)C3)cc2)cc1. The van der Waals surface area contributed by atoms with Crippen molar-refractivity contribution in [2.45, 2.75) is 56.2 Å². The Morgan fingerprint density at radius 2 is 1.42 bits per heavy atom. The second-order valence-corrected chi connectivity index (χ2v) is 12.4. The molecule has 0 radical (unpaired) electrons. The summed E-state index contributed by atoms with van der Waals surface area (Å²) in [5.41, 5.74) is 1.42. The molecule has 1 fully saturated rings. The van der Waals surface area contributed by atoms with E-state index in [0.29, 0.717) is 36.5 Å². The Hall–Kier alpha value is -1.90. The summed E-state index contributed by atoms with van der Waals surface area (Å²) in [5.74, 6) is 0.998. The van der Waals surface area contributed by atoms with Crippen molar-refractivity contribution in [1.82, 2.24) is 4.31 Å². The van der Waals surface area contributed by atoms with Gasteiger partial charge >= 0.3 is 0 Å². The summed E-state index contributed by atoms with van der Waals surface area (Å²) in [4.78, 5) is 0.349. The molecule has 2 aromatic carbocycles. The van der Waals surface area contributed by atoms with Gasteiger partial charge < -0.3 is 0 Å². The molecule has 1 aliphatic heterocycles. The van der Waals surface area contributed by atoms with Crippen molar-refractivity contribution < 1.29 is 16.8 Å². The lowest BCUT2D eigenvalue weighted by atomic mass is 9.94. The molecule has 8 heteroatoms. The smallest absolute Gasteiger partial charge is 0.261 e. The molecule has 0 amide bonds. The molecule has 0 saturated carbocycles. The molecule has 0 aromatic heterocycles. The Bertz CT molecular complexity index is 1090. The fourth-order valence-electron chi connectivity index (χ4n) is 4.07. The van der Waals surface area contributed by atoms with E-state index >= 15 is 0 Å². The van der Waals surface area contributed by atoms with Crippen LogP contribution in [0.1, 0.15) is 52.0 Å². The van der Waals surface area contributed by atoms with E-state index in [9.17, 15) is 16.8 Å². The van der Waals surface area contributed by atoms with Gasteiger partial charge in [-0.2, -0.15) is 4.31 Å². The van der Waals surface area contributed by atoms with Crippen LogP contribution >= 0.6 is 0 Å². The van der Waals surface area contributed by atoms with Crippen LogP contribution in [-0.2, 0) is 20.0 Å². The zero-order valence-electron chi connectivity index (χ0n) is 18.6. The summed E-state index contributed by atoms with van der Waals surface area (Å²) in [6.07, 6.45) is 2.00. The van der Waals surface area contributed by atoms with Gasteiger partial charge in [0.15, 0.2) is 0 Å². The van der Waals surface area contributed by atoms with Crippen molar-refractivity contribution >= 4 is 25.7 Å². The summed E-state index contributed by atoms with van der Waals surface area (Å²) in [6.45, 7) is 9.33. The Balaban J connectivity index is 1.75. The fraction of sp³-hybridized carbons (Fsp3) is 0.478. The third kappa shape index (κ3) is 5.48. The highest BCUT2D eigenvalue weighted by Gasteiger charge is 2.31. The van der Waals surface area contributed by atoms with Crippen LogP contribution < -0.4 is 4.72 Å². The second-order valence-electron chi connectivity index (χ2n) is 8.78. The van der Waals surface area contributed by atoms with Gasteiger partial charge in [-0.3, -0.25) is 4.72 Å². The number of sulfonamides is 2. The summed E-state index contributed by atoms with van der Waals surface area (Å²) in [5, 5.41) is 0. The lowest BCUT2D eigenvalue weighted by Gasteiger charge is -2.34. The number of anilines is 1. The zero-order chi connectivity index (χ0) is 22.8. The number of piperidine rings is 1. The minimum absolute atomic E-state index is 0.174. The minimum atomic E-state index is -3.76. The minimum Gasteiger partial charge on any atom is -0.280 e. The van der Waals surface area contributed by atoms with Crippen LogP contribution in [-0.4, -0.2) is 34.2 Å². The molecule has 6 nitrogen and oxygen atoms in total. The number of benzene rings is 2. The molecule has 170 valence electrons. The van der Waals surface area contributed by atoms with E-state index in [-0.39, 0.29) is 9.79 Å². The van der Waals surface area contributed by atoms with Crippen LogP contribution in [0, 0.1) is 11.8 Å². The van der Waals surface area contributed by atoms with Gasteiger partial charge in [-0.25, -0.2) is 16.8 Å². The maximum Gasteiger partial charge on any atom is 0.261 e. The van der Waals surface area contributed by atoms with Crippen LogP contribution in [0.5, 0.6) is 0 Å². The van der Waals surface area contributed by atoms with Crippen LogP contribution in [0.4, 0.5) is 5.69 Å². The predicted octanol–water partition coefficient (Wildman–Crippen LogP) is 4.67. The van der Waals surface area contributed by atoms with Crippen molar-refractivity contribution in [1.29, 1.82) is 0 Å². The molecular formula is C23H32N2O4S2. The quantitative estimate of drug-likeness (QED) is 0.645. The normalized spacial score (nSPS) is 21.5.